The van der Waals surface area contributed by atoms with Crippen LogP contribution in [0.4, 0.5) is 5.69 Å². The van der Waals surface area contributed by atoms with Gasteiger partial charge in [-0.1, -0.05) is 0 Å². The normalized spacial score (nSPS) is 11.3. The molecule has 0 unspecified atom stereocenters. The molecule has 0 radical (unpaired) electrons. The van der Waals surface area contributed by atoms with Crippen molar-refractivity contribution in [2.24, 2.45) is 0 Å². The number of carboxylic acids is 1. The monoisotopic (exact) mass is 328 g/mol. The Morgan fingerprint density at radius 2 is 2.09 bits per heavy atom. The zero-order chi connectivity index (χ0) is 17.0. The topological polar surface area (TPSA) is 77.5 Å². The van der Waals surface area contributed by atoms with Crippen LogP contribution in [-0.4, -0.2) is 24.2 Å². The lowest BCUT2D eigenvalue weighted by molar-refractivity contribution is -0.132. The van der Waals surface area contributed by atoms with E-state index in [-0.39, 0.29) is 10.3 Å². The summed E-state index contributed by atoms with van der Waals surface area (Å²) in [5.41, 5.74) is 1.69. The first-order valence-corrected chi connectivity index (χ1v) is 7.58. The summed E-state index contributed by atoms with van der Waals surface area (Å²) in [6.07, 6.45) is 1.23. The predicted octanol–water partition coefficient (Wildman–Crippen LogP) is 4.00. The second kappa shape index (κ2) is 7.07. The number of hydrogen-bond acceptors (Lipinski definition) is 5. The van der Waals surface area contributed by atoms with Crippen LogP contribution in [0, 0.1) is 16.0 Å². The van der Waals surface area contributed by atoms with Crippen molar-refractivity contribution in [2.45, 2.75) is 13.8 Å². The Morgan fingerprint density at radius 1 is 1.39 bits per heavy atom. The third-order valence-electron chi connectivity index (χ3n) is 3.53. The molecule has 118 valence electrons. The smallest absolute Gasteiger partial charge is 0.346 e. The van der Waals surface area contributed by atoms with Gasteiger partial charge in [0.25, 0.3) is 0 Å². The second-order valence-corrected chi connectivity index (χ2v) is 5.23. The number of hydrogen-bond donors (Lipinski definition) is 1. The molecule has 0 bridgehead atoms. The molecule has 0 atom stereocenters. The number of fused-ring (bicyclic) bond motifs is 1. The standard InChI is InChI=1S/C17H16N2O3S/c1-3-19(4-2)14-6-5-11-7-12(8-13(10-18)16(20)21)17(23)22-15(11)9-14/h5-9H,3-4H2,1-2H3,(H,20,21)/b13-8-. The lowest BCUT2D eigenvalue weighted by Gasteiger charge is -2.21. The fourth-order valence-electron chi connectivity index (χ4n) is 2.30. The molecule has 1 aromatic carbocycles. The first kappa shape index (κ1) is 16.7. The van der Waals surface area contributed by atoms with Gasteiger partial charge in [-0.3, -0.25) is 0 Å². The molecule has 1 heterocycles. The number of nitrogens with zero attached hydrogens (tertiary/aromatic N) is 2. The van der Waals surface area contributed by atoms with Crippen molar-refractivity contribution in [1.29, 1.82) is 5.26 Å². The van der Waals surface area contributed by atoms with E-state index in [4.69, 9.17) is 27.0 Å². The molecule has 0 amide bonds. The molecule has 0 saturated carbocycles. The van der Waals surface area contributed by atoms with Crippen LogP contribution in [0.3, 0.4) is 0 Å². The van der Waals surface area contributed by atoms with Gasteiger partial charge in [0.2, 0.25) is 0 Å². The van der Waals surface area contributed by atoms with Gasteiger partial charge in [0.15, 0.2) is 4.71 Å². The lowest BCUT2D eigenvalue weighted by Crippen LogP contribution is -2.21. The molecule has 2 aromatic rings. The number of carbonyl (C=O) groups is 1. The summed E-state index contributed by atoms with van der Waals surface area (Å²) in [7, 11) is 0. The number of anilines is 1. The van der Waals surface area contributed by atoms with Crippen LogP contribution in [0.2, 0.25) is 0 Å². The van der Waals surface area contributed by atoms with E-state index in [1.54, 1.807) is 12.1 Å². The van der Waals surface area contributed by atoms with Crippen LogP contribution in [0.5, 0.6) is 0 Å². The maximum Gasteiger partial charge on any atom is 0.346 e. The third kappa shape index (κ3) is 3.58. The minimum absolute atomic E-state index is 0.156. The fraction of sp³-hybridized carbons (Fsp3) is 0.235. The molecule has 6 heteroatoms. The van der Waals surface area contributed by atoms with Gasteiger partial charge >= 0.3 is 5.97 Å². The minimum atomic E-state index is -1.29. The Morgan fingerprint density at radius 3 is 2.65 bits per heavy atom. The lowest BCUT2D eigenvalue weighted by atomic mass is 10.1. The molecular formula is C17H16N2O3S. The summed E-state index contributed by atoms with van der Waals surface area (Å²) in [5.74, 6) is -1.29. The van der Waals surface area contributed by atoms with Crippen molar-refractivity contribution in [2.75, 3.05) is 18.0 Å². The van der Waals surface area contributed by atoms with E-state index in [2.05, 4.69) is 18.7 Å². The number of aliphatic carboxylic acids is 1. The second-order valence-electron chi connectivity index (χ2n) is 4.86. The molecule has 5 nitrogen and oxygen atoms in total. The van der Waals surface area contributed by atoms with E-state index in [9.17, 15) is 4.79 Å². The average molecular weight is 328 g/mol. The first-order valence-electron chi connectivity index (χ1n) is 7.18. The first-order chi connectivity index (χ1) is 11.0. The van der Waals surface area contributed by atoms with E-state index >= 15 is 0 Å². The van der Waals surface area contributed by atoms with Crippen LogP contribution in [0.15, 0.2) is 34.3 Å². The third-order valence-corrected chi connectivity index (χ3v) is 3.84. The van der Waals surface area contributed by atoms with Crippen molar-refractivity contribution in [3.05, 3.63) is 40.1 Å². The van der Waals surface area contributed by atoms with E-state index in [1.165, 1.54) is 6.08 Å². The van der Waals surface area contributed by atoms with Crippen LogP contribution < -0.4 is 4.90 Å². The van der Waals surface area contributed by atoms with Crippen LogP contribution in [0.25, 0.3) is 17.0 Å². The van der Waals surface area contributed by atoms with Gasteiger partial charge in [0, 0.05) is 35.8 Å². The van der Waals surface area contributed by atoms with Crippen LogP contribution in [-0.2, 0) is 4.79 Å². The Hall–Kier alpha value is -2.65. The van der Waals surface area contributed by atoms with Gasteiger partial charge in [-0.25, -0.2) is 4.79 Å². The Kier molecular flexibility index (Phi) is 5.14. The number of benzene rings is 1. The van der Waals surface area contributed by atoms with E-state index in [1.807, 2.05) is 18.2 Å². The summed E-state index contributed by atoms with van der Waals surface area (Å²) in [4.78, 5) is 13.1. The zero-order valence-corrected chi connectivity index (χ0v) is 13.7. The molecule has 0 spiro atoms. The van der Waals surface area contributed by atoms with Crippen molar-refractivity contribution in [3.63, 3.8) is 0 Å². The highest BCUT2D eigenvalue weighted by atomic mass is 32.1. The summed E-state index contributed by atoms with van der Waals surface area (Å²) in [6.45, 7) is 5.92. The van der Waals surface area contributed by atoms with Gasteiger partial charge in [-0.15, -0.1) is 0 Å². The van der Waals surface area contributed by atoms with Gasteiger partial charge < -0.3 is 14.4 Å². The fourth-order valence-corrected chi connectivity index (χ4v) is 2.51. The molecule has 0 saturated heterocycles. The van der Waals surface area contributed by atoms with Crippen molar-refractivity contribution >= 4 is 40.9 Å². The quantitative estimate of drug-likeness (QED) is 0.508. The van der Waals surface area contributed by atoms with E-state index in [0.29, 0.717) is 11.1 Å². The van der Waals surface area contributed by atoms with E-state index in [0.717, 1.165) is 24.2 Å². The molecule has 1 N–H and O–H groups in total. The average Bonchev–Trinajstić information content (AvgIpc) is 2.53. The van der Waals surface area contributed by atoms with Crippen molar-refractivity contribution in [3.8, 4) is 6.07 Å². The summed E-state index contributed by atoms with van der Waals surface area (Å²) < 4.78 is 5.79. The SMILES string of the molecule is CCN(CC)c1ccc2cc(/C=C(/C#N)C(=O)O)c(=S)oc2c1. The largest absolute Gasteiger partial charge is 0.477 e. The predicted molar refractivity (Wildman–Crippen MR) is 91.8 cm³/mol. The van der Waals surface area contributed by atoms with Gasteiger partial charge in [-0.2, -0.15) is 5.26 Å². The molecule has 0 aliphatic rings. The number of nitriles is 1. The summed E-state index contributed by atoms with van der Waals surface area (Å²) in [5, 5.41) is 18.6. The maximum absolute atomic E-state index is 10.9. The molecule has 23 heavy (non-hydrogen) atoms. The summed E-state index contributed by atoms with van der Waals surface area (Å²) in [6, 6.07) is 9.14. The number of carboxylic acid groups (broad SMARTS) is 1. The Bertz CT molecular complexity index is 874. The van der Waals surface area contributed by atoms with Gasteiger partial charge in [0.05, 0.1) is 0 Å². The van der Waals surface area contributed by atoms with Crippen molar-refractivity contribution < 1.29 is 14.3 Å². The molecule has 0 aliphatic heterocycles. The van der Waals surface area contributed by atoms with Crippen LogP contribution in [0.1, 0.15) is 19.4 Å². The molecule has 1 aromatic heterocycles. The Labute approximate surface area is 139 Å². The molecule has 2 rings (SSSR count). The molecular weight excluding hydrogens is 312 g/mol. The minimum Gasteiger partial charge on any atom is -0.477 e. The highest BCUT2D eigenvalue weighted by Gasteiger charge is 2.09. The van der Waals surface area contributed by atoms with Crippen LogP contribution >= 0.6 is 12.2 Å². The molecule has 0 aliphatic carbocycles. The maximum atomic E-state index is 10.9. The molecule has 0 fully saturated rings. The summed E-state index contributed by atoms with van der Waals surface area (Å²) >= 11 is 5.17. The van der Waals surface area contributed by atoms with Crippen molar-refractivity contribution in [1.82, 2.24) is 0 Å². The van der Waals surface area contributed by atoms with E-state index < -0.39 is 5.97 Å². The highest BCUT2D eigenvalue weighted by molar-refractivity contribution is 7.71. The van der Waals surface area contributed by atoms with Gasteiger partial charge in [0.1, 0.15) is 17.2 Å². The van der Waals surface area contributed by atoms with Gasteiger partial charge in [-0.05, 0) is 50.3 Å². The highest BCUT2D eigenvalue weighted by Crippen LogP contribution is 2.25. The zero-order valence-electron chi connectivity index (χ0n) is 12.9. The Balaban J connectivity index is 2.56. The number of rotatable bonds is 5.